The molecule has 1 heterocycles. The van der Waals surface area contributed by atoms with Gasteiger partial charge in [0.25, 0.3) is 0 Å². The van der Waals surface area contributed by atoms with Crippen LogP contribution in [0.4, 0.5) is 0 Å². The van der Waals surface area contributed by atoms with Crippen LogP contribution in [0.25, 0.3) is 22.0 Å². The van der Waals surface area contributed by atoms with Gasteiger partial charge in [0.05, 0.1) is 11.8 Å². The lowest BCUT2D eigenvalue weighted by atomic mass is 10.00. The number of rotatable bonds is 3. The maximum absolute atomic E-state index is 5.82. The Morgan fingerprint density at radius 3 is 2.62 bits per heavy atom. The molecule has 0 amide bonds. The highest BCUT2D eigenvalue weighted by Gasteiger charge is 2.09. The topological polar surface area (TPSA) is 22.1 Å². The van der Waals surface area contributed by atoms with Crippen molar-refractivity contribution in [1.29, 1.82) is 0 Å². The number of aryl methyl sites for hydroxylation is 1. The molecule has 0 radical (unpaired) electrons. The summed E-state index contributed by atoms with van der Waals surface area (Å²) < 4.78 is 5.82. The Morgan fingerprint density at radius 1 is 1.00 bits per heavy atom. The number of benzene rings is 2. The molecule has 0 unspecified atom stereocenters. The molecule has 0 spiro atoms. The molecule has 0 aliphatic carbocycles. The van der Waals surface area contributed by atoms with Gasteiger partial charge < -0.3 is 4.74 Å². The van der Waals surface area contributed by atoms with Crippen molar-refractivity contribution < 1.29 is 4.74 Å². The first-order chi connectivity index (χ1) is 10.1. The van der Waals surface area contributed by atoms with Crippen molar-refractivity contribution >= 4 is 10.8 Å². The SMILES string of the molecule is Cc1ccc(OC(C)C)cc1-c1nccc2ccccc12. The van der Waals surface area contributed by atoms with Crippen LogP contribution in [0.5, 0.6) is 5.75 Å². The average molecular weight is 277 g/mol. The van der Waals surface area contributed by atoms with Crippen LogP contribution < -0.4 is 4.74 Å². The second-order valence-electron chi connectivity index (χ2n) is 5.52. The number of pyridine rings is 1. The first-order valence-corrected chi connectivity index (χ1v) is 7.26. The van der Waals surface area contributed by atoms with Gasteiger partial charge in [0.15, 0.2) is 0 Å². The molecule has 0 N–H and O–H groups in total. The van der Waals surface area contributed by atoms with Crippen molar-refractivity contribution in [2.45, 2.75) is 26.9 Å². The van der Waals surface area contributed by atoms with Gasteiger partial charge in [0.2, 0.25) is 0 Å². The highest BCUT2D eigenvalue weighted by Crippen LogP contribution is 2.31. The monoisotopic (exact) mass is 277 g/mol. The molecule has 0 aliphatic heterocycles. The average Bonchev–Trinajstić information content (AvgIpc) is 2.48. The normalized spacial score (nSPS) is 11.0. The smallest absolute Gasteiger partial charge is 0.120 e. The summed E-state index contributed by atoms with van der Waals surface area (Å²) >= 11 is 0. The predicted molar refractivity (Wildman–Crippen MR) is 87.7 cm³/mol. The molecule has 21 heavy (non-hydrogen) atoms. The van der Waals surface area contributed by atoms with Crippen LogP contribution in [0.1, 0.15) is 19.4 Å². The summed E-state index contributed by atoms with van der Waals surface area (Å²) in [5, 5.41) is 2.38. The van der Waals surface area contributed by atoms with Gasteiger partial charge >= 0.3 is 0 Å². The number of ether oxygens (including phenoxy) is 1. The van der Waals surface area contributed by atoms with Crippen LogP contribution in [0.3, 0.4) is 0 Å². The molecule has 2 nitrogen and oxygen atoms in total. The molecule has 3 rings (SSSR count). The van der Waals surface area contributed by atoms with E-state index in [9.17, 15) is 0 Å². The molecule has 1 aromatic heterocycles. The second kappa shape index (κ2) is 5.57. The van der Waals surface area contributed by atoms with Gasteiger partial charge in [0.1, 0.15) is 5.75 Å². The summed E-state index contributed by atoms with van der Waals surface area (Å²) in [6, 6.07) is 16.6. The fourth-order valence-corrected chi connectivity index (χ4v) is 2.54. The van der Waals surface area contributed by atoms with Crippen LogP contribution >= 0.6 is 0 Å². The fourth-order valence-electron chi connectivity index (χ4n) is 2.54. The van der Waals surface area contributed by atoms with Gasteiger partial charge in [-0.2, -0.15) is 0 Å². The lowest BCUT2D eigenvalue weighted by Crippen LogP contribution is -2.05. The third kappa shape index (κ3) is 2.75. The van der Waals surface area contributed by atoms with E-state index < -0.39 is 0 Å². The lowest BCUT2D eigenvalue weighted by molar-refractivity contribution is 0.242. The summed E-state index contributed by atoms with van der Waals surface area (Å²) in [7, 11) is 0. The zero-order chi connectivity index (χ0) is 14.8. The Bertz CT molecular complexity index is 772. The van der Waals surface area contributed by atoms with Crippen LogP contribution in [-0.2, 0) is 0 Å². The maximum atomic E-state index is 5.82. The van der Waals surface area contributed by atoms with E-state index in [1.54, 1.807) is 0 Å². The van der Waals surface area contributed by atoms with Gasteiger partial charge in [0, 0.05) is 17.1 Å². The van der Waals surface area contributed by atoms with Crippen molar-refractivity contribution in [2.75, 3.05) is 0 Å². The minimum Gasteiger partial charge on any atom is -0.491 e. The quantitative estimate of drug-likeness (QED) is 0.672. The minimum atomic E-state index is 0.168. The minimum absolute atomic E-state index is 0.168. The van der Waals surface area contributed by atoms with Crippen molar-refractivity contribution in [3.8, 4) is 17.0 Å². The molecule has 106 valence electrons. The molecule has 0 aliphatic rings. The highest BCUT2D eigenvalue weighted by atomic mass is 16.5. The zero-order valence-electron chi connectivity index (χ0n) is 12.6. The van der Waals surface area contributed by atoms with Crippen LogP contribution in [0, 0.1) is 6.92 Å². The number of hydrogen-bond donors (Lipinski definition) is 0. The van der Waals surface area contributed by atoms with Crippen LogP contribution in [0.2, 0.25) is 0 Å². The van der Waals surface area contributed by atoms with Crippen LogP contribution in [-0.4, -0.2) is 11.1 Å². The highest BCUT2D eigenvalue weighted by molar-refractivity contribution is 5.95. The number of fused-ring (bicyclic) bond motifs is 1. The van der Waals surface area contributed by atoms with E-state index in [2.05, 4.69) is 48.3 Å². The van der Waals surface area contributed by atoms with Gasteiger partial charge in [-0.3, -0.25) is 4.98 Å². The number of nitrogens with zero attached hydrogens (tertiary/aromatic N) is 1. The van der Waals surface area contributed by atoms with E-state index in [-0.39, 0.29) is 6.10 Å². The summed E-state index contributed by atoms with van der Waals surface area (Å²) in [4.78, 5) is 4.60. The molecule has 0 fully saturated rings. The Labute approximate surface area is 125 Å². The summed E-state index contributed by atoms with van der Waals surface area (Å²) in [6.07, 6.45) is 2.04. The molecular weight excluding hydrogens is 258 g/mol. The summed E-state index contributed by atoms with van der Waals surface area (Å²) in [5.74, 6) is 0.889. The Morgan fingerprint density at radius 2 is 1.81 bits per heavy atom. The van der Waals surface area contributed by atoms with Gasteiger partial charge in [-0.05, 0) is 49.9 Å². The van der Waals surface area contributed by atoms with Crippen molar-refractivity contribution in [1.82, 2.24) is 4.98 Å². The standard InChI is InChI=1S/C19H19NO/c1-13(2)21-16-9-8-14(3)18(12-16)19-17-7-5-4-6-15(17)10-11-20-19/h4-13H,1-3H3. The van der Waals surface area contributed by atoms with E-state index >= 15 is 0 Å². The third-order valence-corrected chi connectivity index (χ3v) is 3.51. The Balaban J connectivity index is 2.18. The first kappa shape index (κ1) is 13.6. The molecule has 0 saturated carbocycles. The summed E-state index contributed by atoms with van der Waals surface area (Å²) in [5.41, 5.74) is 3.35. The molecule has 3 aromatic rings. The van der Waals surface area contributed by atoms with Crippen molar-refractivity contribution in [3.63, 3.8) is 0 Å². The zero-order valence-corrected chi connectivity index (χ0v) is 12.6. The molecule has 2 heteroatoms. The second-order valence-corrected chi connectivity index (χ2v) is 5.52. The maximum Gasteiger partial charge on any atom is 0.120 e. The lowest BCUT2D eigenvalue weighted by Gasteiger charge is -2.13. The van der Waals surface area contributed by atoms with Crippen LogP contribution in [0.15, 0.2) is 54.7 Å². The van der Waals surface area contributed by atoms with E-state index in [4.69, 9.17) is 4.74 Å². The number of aromatic nitrogens is 1. The molecule has 0 atom stereocenters. The van der Waals surface area contributed by atoms with Crippen molar-refractivity contribution in [2.24, 2.45) is 0 Å². The van der Waals surface area contributed by atoms with E-state index in [0.29, 0.717) is 0 Å². The molecular formula is C19H19NO. The molecule has 2 aromatic carbocycles. The molecule has 0 bridgehead atoms. The van der Waals surface area contributed by atoms with Gasteiger partial charge in [-0.1, -0.05) is 30.3 Å². The van der Waals surface area contributed by atoms with E-state index in [1.165, 1.54) is 16.3 Å². The third-order valence-electron chi connectivity index (χ3n) is 3.51. The van der Waals surface area contributed by atoms with E-state index in [1.807, 2.05) is 32.2 Å². The molecule has 0 saturated heterocycles. The summed E-state index contributed by atoms with van der Waals surface area (Å²) in [6.45, 7) is 6.18. The van der Waals surface area contributed by atoms with Gasteiger partial charge in [-0.25, -0.2) is 0 Å². The van der Waals surface area contributed by atoms with Gasteiger partial charge in [-0.15, -0.1) is 0 Å². The number of hydrogen-bond acceptors (Lipinski definition) is 2. The van der Waals surface area contributed by atoms with E-state index in [0.717, 1.165) is 17.0 Å². The fraction of sp³-hybridized carbons (Fsp3) is 0.211. The Kier molecular flexibility index (Phi) is 3.61. The first-order valence-electron chi connectivity index (χ1n) is 7.26. The largest absolute Gasteiger partial charge is 0.491 e. The Hall–Kier alpha value is -2.35. The predicted octanol–water partition coefficient (Wildman–Crippen LogP) is 5.00. The van der Waals surface area contributed by atoms with Crippen molar-refractivity contribution in [3.05, 3.63) is 60.3 Å².